The smallest absolute Gasteiger partial charge is 0.322 e. The number of hydrogen-bond acceptors (Lipinski definition) is 11. The number of hydrogen-bond donors (Lipinski definition) is 11. The van der Waals surface area contributed by atoms with Gasteiger partial charge in [0.15, 0.2) is 0 Å². The van der Waals surface area contributed by atoms with Crippen molar-refractivity contribution in [3.63, 3.8) is 0 Å². The molecule has 0 heterocycles. The molecule has 0 aromatic carbocycles. The lowest BCUT2D eigenvalue weighted by atomic mass is 9.85. The van der Waals surface area contributed by atoms with Crippen LogP contribution in [0.1, 0.15) is 0 Å². The Labute approximate surface area is 205 Å². The van der Waals surface area contributed by atoms with Crippen LogP contribution in [0.2, 0.25) is 0 Å². The molecule has 0 aromatic rings. The summed E-state index contributed by atoms with van der Waals surface area (Å²) in [4.78, 5) is 95.5. The van der Waals surface area contributed by atoms with Crippen molar-refractivity contribution in [1.29, 1.82) is 0 Å². The van der Waals surface area contributed by atoms with Crippen molar-refractivity contribution in [1.82, 2.24) is 0 Å². The lowest BCUT2D eigenvalue weighted by molar-refractivity contribution is -0.197. The fraction of sp³-hybridized carbons (Fsp3) is 1.00. The molecule has 4 unspecified atom stereocenters. The van der Waals surface area contributed by atoms with Gasteiger partial charge in [-0.3, -0.25) is 22.6 Å². The van der Waals surface area contributed by atoms with Gasteiger partial charge in [-0.2, -0.15) is 0 Å². The van der Waals surface area contributed by atoms with Gasteiger partial charge < -0.3 is 54.0 Å². The van der Waals surface area contributed by atoms with E-state index in [1.807, 2.05) is 0 Å². The fourth-order valence-corrected chi connectivity index (χ4v) is 6.82. The van der Waals surface area contributed by atoms with Crippen LogP contribution in [0.4, 0.5) is 0 Å². The monoisotopic (exact) mass is 660 g/mol. The molecule has 26 heteroatoms. The van der Waals surface area contributed by atoms with Crippen molar-refractivity contribution in [3.05, 3.63) is 0 Å². The highest BCUT2D eigenvalue weighted by molar-refractivity contribution is 8.07. The SMILES string of the molecule is OC1C(OP(O)(O)=S)C(OP(O)(O)=S)C(OP(O)(O)=S)C(OP(O)(O)=S)C1OP(O)(O)=S. The van der Waals surface area contributed by atoms with Crippen molar-refractivity contribution >= 4 is 92.6 Å². The quantitative estimate of drug-likeness (QED) is 0.107. The second-order valence-corrected chi connectivity index (χ2v) is 18.9. The van der Waals surface area contributed by atoms with Crippen LogP contribution in [0.15, 0.2) is 0 Å². The second-order valence-electron chi connectivity index (χ2n) is 5.79. The van der Waals surface area contributed by atoms with Gasteiger partial charge in [0.1, 0.15) is 36.6 Å². The Kier molecular flexibility index (Phi) is 11.8. The van der Waals surface area contributed by atoms with E-state index in [4.69, 9.17) is 22.6 Å². The van der Waals surface area contributed by atoms with Crippen molar-refractivity contribution in [3.8, 4) is 0 Å². The molecule has 1 fully saturated rings. The minimum absolute atomic E-state index is 2.26. The highest BCUT2D eigenvalue weighted by Crippen LogP contribution is 2.55. The summed E-state index contributed by atoms with van der Waals surface area (Å²) in [6, 6.07) is 0. The first-order chi connectivity index (χ1) is 13.9. The minimum atomic E-state index is -4.79. The van der Waals surface area contributed by atoms with E-state index in [-0.39, 0.29) is 0 Å². The predicted molar refractivity (Wildman–Crippen MR) is 124 cm³/mol. The van der Waals surface area contributed by atoms with Crippen LogP contribution >= 0.6 is 33.6 Å². The van der Waals surface area contributed by atoms with Crippen LogP contribution in [-0.4, -0.2) is 90.7 Å². The van der Waals surface area contributed by atoms with E-state index >= 15 is 0 Å². The maximum absolute atomic E-state index is 10.6. The van der Waals surface area contributed by atoms with Crippen molar-refractivity contribution in [2.45, 2.75) is 36.6 Å². The molecule has 4 atom stereocenters. The van der Waals surface area contributed by atoms with E-state index < -0.39 is 70.2 Å². The molecule has 0 radical (unpaired) electrons. The van der Waals surface area contributed by atoms with Crippen LogP contribution in [0.5, 0.6) is 0 Å². The first kappa shape index (κ1) is 32.6. The molecule has 32 heavy (non-hydrogen) atoms. The van der Waals surface area contributed by atoms with Crippen LogP contribution < -0.4 is 0 Å². The average Bonchev–Trinajstić information content (AvgIpc) is 2.45. The lowest BCUT2D eigenvalue weighted by Crippen LogP contribution is -2.66. The summed E-state index contributed by atoms with van der Waals surface area (Å²) in [6.45, 7) is -23.8. The van der Waals surface area contributed by atoms with Crippen LogP contribution in [-0.2, 0) is 81.7 Å². The Hall–Kier alpha value is 2.61. The molecule has 0 saturated heterocycles. The van der Waals surface area contributed by atoms with E-state index in [2.05, 4.69) is 59.0 Å². The van der Waals surface area contributed by atoms with E-state index in [1.54, 1.807) is 0 Å². The number of aliphatic hydroxyl groups excluding tert-OH is 1. The molecular formula is C6H17O16P5S5. The van der Waals surface area contributed by atoms with E-state index in [0.29, 0.717) is 0 Å². The van der Waals surface area contributed by atoms with Crippen molar-refractivity contribution in [2.75, 3.05) is 0 Å². The van der Waals surface area contributed by atoms with Crippen molar-refractivity contribution in [2.24, 2.45) is 0 Å². The highest BCUT2D eigenvalue weighted by atomic mass is 32.5. The van der Waals surface area contributed by atoms with E-state index in [9.17, 15) is 54.0 Å². The first-order valence-corrected chi connectivity index (χ1v) is 20.4. The standard InChI is InChI=1S/C6H17O16P5S5/c7-1-2(18-23(8,9)28)4(20-25(12,13)30)6(22-27(16,17)32)5(21-26(14,15)31)3(1)19-24(10,11)29/h1-7H,(H2,8,9,28)(H2,10,11,29)(H2,12,13,30)(H2,14,15,31)(H2,16,17,32). The summed E-state index contributed by atoms with van der Waals surface area (Å²) in [5, 5.41) is 10.6. The number of rotatable bonds is 10. The Morgan fingerprint density at radius 3 is 0.719 bits per heavy atom. The Balaban J connectivity index is 3.77. The van der Waals surface area contributed by atoms with Gasteiger partial charge in [-0.25, -0.2) is 0 Å². The molecule has 1 aliphatic carbocycles. The van der Waals surface area contributed by atoms with Crippen molar-refractivity contribution < 1.29 is 76.7 Å². The third kappa shape index (κ3) is 12.2. The minimum Gasteiger partial charge on any atom is -0.387 e. The summed E-state index contributed by atoms with van der Waals surface area (Å²) in [6.07, 6.45) is -13.7. The Morgan fingerprint density at radius 2 is 0.531 bits per heavy atom. The molecule has 11 N–H and O–H groups in total. The molecule has 0 amide bonds. The molecular weight excluding hydrogens is 643 g/mol. The summed E-state index contributed by atoms with van der Waals surface area (Å²) < 4.78 is 23.7. The third-order valence-electron chi connectivity index (χ3n) is 3.26. The van der Waals surface area contributed by atoms with Gasteiger partial charge in [0.05, 0.1) is 0 Å². The van der Waals surface area contributed by atoms with E-state index in [0.717, 1.165) is 0 Å². The van der Waals surface area contributed by atoms with Crippen LogP contribution in [0, 0.1) is 0 Å². The normalized spacial score (nSPS) is 31.0. The number of aliphatic hydroxyl groups is 1. The largest absolute Gasteiger partial charge is 0.387 e. The van der Waals surface area contributed by atoms with Gasteiger partial charge in [0.2, 0.25) is 0 Å². The molecule has 0 bridgehead atoms. The maximum Gasteiger partial charge on any atom is 0.322 e. The Morgan fingerprint density at radius 1 is 0.375 bits per heavy atom. The van der Waals surface area contributed by atoms with Gasteiger partial charge in [-0.05, 0) is 59.0 Å². The maximum atomic E-state index is 10.6. The molecule has 1 aliphatic rings. The van der Waals surface area contributed by atoms with E-state index in [1.165, 1.54) is 0 Å². The first-order valence-electron chi connectivity index (χ1n) is 7.26. The highest BCUT2D eigenvalue weighted by Gasteiger charge is 2.59. The van der Waals surface area contributed by atoms with Gasteiger partial charge in [-0.15, -0.1) is 0 Å². The van der Waals surface area contributed by atoms with Crippen LogP contribution in [0.3, 0.4) is 0 Å². The van der Waals surface area contributed by atoms with Gasteiger partial charge in [-0.1, -0.05) is 0 Å². The molecule has 16 nitrogen and oxygen atoms in total. The zero-order valence-electron chi connectivity index (χ0n) is 14.7. The topological polar surface area (TPSA) is 269 Å². The zero-order chi connectivity index (χ0) is 25.5. The lowest BCUT2D eigenvalue weighted by Gasteiger charge is -2.48. The van der Waals surface area contributed by atoms with Gasteiger partial charge in [0, 0.05) is 0 Å². The average molecular weight is 660 g/mol. The van der Waals surface area contributed by atoms with Gasteiger partial charge in [0.25, 0.3) is 0 Å². The summed E-state index contributed by atoms with van der Waals surface area (Å²) in [5.41, 5.74) is 0. The molecule has 0 spiro atoms. The Bertz CT molecular complexity index is 841. The molecule has 1 saturated carbocycles. The molecule has 192 valence electrons. The molecule has 0 aromatic heterocycles. The summed E-state index contributed by atoms with van der Waals surface area (Å²) >= 11 is 21.5. The predicted octanol–water partition coefficient (Wildman–Crippen LogP) is -2.67. The third-order valence-corrected chi connectivity index (χ3v) is 7.14. The molecule has 1 rings (SSSR count). The molecule has 0 aliphatic heterocycles. The fourth-order valence-electron chi connectivity index (χ4n) is 2.53. The van der Waals surface area contributed by atoms with Crippen LogP contribution in [0.25, 0.3) is 0 Å². The zero-order valence-corrected chi connectivity index (χ0v) is 23.3. The summed E-state index contributed by atoms with van der Waals surface area (Å²) in [7, 11) is 0. The van der Waals surface area contributed by atoms with Gasteiger partial charge >= 0.3 is 33.6 Å². The summed E-state index contributed by atoms with van der Waals surface area (Å²) in [5.74, 6) is 0. The second kappa shape index (κ2) is 11.6.